The summed E-state index contributed by atoms with van der Waals surface area (Å²) in [7, 11) is 0. The SMILES string of the molecule is CCOC(=O)c1c(NC(=O)OC(C)(C)C)oc2cc(-c3c(F)cccc3F)cnc12. The first-order valence-electron chi connectivity index (χ1n) is 9.14. The van der Waals surface area contributed by atoms with E-state index < -0.39 is 29.3 Å². The van der Waals surface area contributed by atoms with Gasteiger partial charge in [0.2, 0.25) is 5.88 Å². The smallest absolute Gasteiger partial charge is 0.414 e. The average Bonchev–Trinajstić information content (AvgIpc) is 2.97. The predicted octanol–water partition coefficient (Wildman–Crippen LogP) is 5.30. The molecule has 0 saturated heterocycles. The second-order valence-electron chi connectivity index (χ2n) is 7.32. The molecule has 3 aromatic rings. The molecular weight excluding hydrogens is 398 g/mol. The number of ether oxygens (including phenoxy) is 2. The van der Waals surface area contributed by atoms with E-state index in [1.165, 1.54) is 18.3 Å². The molecule has 1 N–H and O–H groups in total. The molecule has 0 spiro atoms. The van der Waals surface area contributed by atoms with Crippen LogP contribution in [0.4, 0.5) is 19.5 Å². The third-order valence-electron chi connectivity index (χ3n) is 3.87. The van der Waals surface area contributed by atoms with E-state index in [1.807, 2.05) is 0 Å². The van der Waals surface area contributed by atoms with Crippen LogP contribution in [0.5, 0.6) is 0 Å². The lowest BCUT2D eigenvalue weighted by Gasteiger charge is -2.19. The van der Waals surface area contributed by atoms with Crippen LogP contribution < -0.4 is 5.32 Å². The minimum Gasteiger partial charge on any atom is -0.462 e. The molecule has 0 saturated carbocycles. The van der Waals surface area contributed by atoms with Gasteiger partial charge in [-0.15, -0.1) is 0 Å². The summed E-state index contributed by atoms with van der Waals surface area (Å²) in [4.78, 5) is 28.7. The third-order valence-corrected chi connectivity index (χ3v) is 3.87. The number of fused-ring (bicyclic) bond motifs is 1. The van der Waals surface area contributed by atoms with Crippen molar-refractivity contribution in [3.63, 3.8) is 0 Å². The fourth-order valence-corrected chi connectivity index (χ4v) is 2.77. The van der Waals surface area contributed by atoms with Crippen LogP contribution in [0.1, 0.15) is 38.1 Å². The van der Waals surface area contributed by atoms with Gasteiger partial charge in [-0.3, -0.25) is 10.3 Å². The Balaban J connectivity index is 2.10. The van der Waals surface area contributed by atoms with Crippen molar-refractivity contribution in [2.75, 3.05) is 11.9 Å². The first-order valence-corrected chi connectivity index (χ1v) is 9.14. The lowest BCUT2D eigenvalue weighted by molar-refractivity contribution is 0.0529. The van der Waals surface area contributed by atoms with E-state index in [2.05, 4.69) is 10.3 Å². The van der Waals surface area contributed by atoms with E-state index in [9.17, 15) is 18.4 Å². The Hall–Kier alpha value is -3.49. The lowest BCUT2D eigenvalue weighted by Crippen LogP contribution is -2.27. The Morgan fingerprint density at radius 2 is 1.87 bits per heavy atom. The van der Waals surface area contributed by atoms with Crippen molar-refractivity contribution in [3.05, 3.63) is 47.7 Å². The van der Waals surface area contributed by atoms with Gasteiger partial charge in [0, 0.05) is 11.8 Å². The van der Waals surface area contributed by atoms with E-state index in [-0.39, 0.29) is 40.3 Å². The van der Waals surface area contributed by atoms with Gasteiger partial charge in [0.25, 0.3) is 0 Å². The highest BCUT2D eigenvalue weighted by Gasteiger charge is 2.27. The van der Waals surface area contributed by atoms with Gasteiger partial charge in [-0.2, -0.15) is 0 Å². The number of carbonyl (C=O) groups is 2. The molecule has 0 aliphatic carbocycles. The molecule has 0 aliphatic rings. The molecule has 0 unspecified atom stereocenters. The Labute approximate surface area is 171 Å². The average molecular weight is 418 g/mol. The van der Waals surface area contributed by atoms with E-state index in [1.54, 1.807) is 27.7 Å². The Bertz CT molecular complexity index is 1100. The molecule has 30 heavy (non-hydrogen) atoms. The van der Waals surface area contributed by atoms with Crippen LogP contribution >= 0.6 is 0 Å². The quantitative estimate of drug-likeness (QED) is 0.579. The van der Waals surface area contributed by atoms with E-state index in [0.717, 1.165) is 12.1 Å². The van der Waals surface area contributed by atoms with E-state index in [4.69, 9.17) is 13.9 Å². The van der Waals surface area contributed by atoms with Gasteiger partial charge in [0.05, 0.1) is 12.2 Å². The fraction of sp³-hybridized carbons (Fsp3) is 0.286. The minimum atomic E-state index is -0.854. The number of anilines is 1. The number of furan rings is 1. The van der Waals surface area contributed by atoms with Crippen molar-refractivity contribution in [1.82, 2.24) is 4.98 Å². The number of amides is 1. The maximum atomic E-state index is 14.1. The van der Waals surface area contributed by atoms with Gasteiger partial charge < -0.3 is 13.9 Å². The van der Waals surface area contributed by atoms with E-state index >= 15 is 0 Å². The van der Waals surface area contributed by atoms with Gasteiger partial charge in [-0.25, -0.2) is 18.4 Å². The second-order valence-corrected chi connectivity index (χ2v) is 7.32. The monoisotopic (exact) mass is 418 g/mol. The number of carbonyl (C=O) groups excluding carboxylic acids is 2. The summed E-state index contributed by atoms with van der Waals surface area (Å²) in [5.41, 5.74) is -0.996. The van der Waals surface area contributed by atoms with Crippen molar-refractivity contribution in [3.8, 4) is 11.1 Å². The highest BCUT2D eigenvalue weighted by molar-refractivity contribution is 6.08. The van der Waals surface area contributed by atoms with Crippen molar-refractivity contribution in [2.24, 2.45) is 0 Å². The number of aromatic nitrogens is 1. The molecule has 2 heterocycles. The number of nitrogens with one attached hydrogen (secondary N) is 1. The molecule has 3 rings (SSSR count). The van der Waals surface area contributed by atoms with Crippen LogP contribution in [-0.2, 0) is 9.47 Å². The topological polar surface area (TPSA) is 90.7 Å². The molecule has 158 valence electrons. The van der Waals surface area contributed by atoms with Crippen molar-refractivity contribution < 1.29 is 32.3 Å². The molecule has 1 amide bonds. The number of esters is 1. The Morgan fingerprint density at radius 1 is 1.20 bits per heavy atom. The summed E-state index contributed by atoms with van der Waals surface area (Å²) in [6.07, 6.45) is 0.353. The number of hydrogen-bond acceptors (Lipinski definition) is 6. The van der Waals surface area contributed by atoms with Crippen LogP contribution in [0.15, 0.2) is 34.9 Å². The second kappa shape index (κ2) is 8.10. The van der Waals surface area contributed by atoms with Gasteiger partial charge in [0.15, 0.2) is 5.58 Å². The van der Waals surface area contributed by atoms with Gasteiger partial charge in [-0.05, 0) is 45.9 Å². The Kier molecular flexibility index (Phi) is 5.73. The largest absolute Gasteiger partial charge is 0.462 e. The molecule has 0 aliphatic heterocycles. The zero-order chi connectivity index (χ0) is 22.1. The van der Waals surface area contributed by atoms with Crippen LogP contribution in [0, 0.1) is 11.6 Å². The van der Waals surface area contributed by atoms with Crippen molar-refractivity contribution in [1.29, 1.82) is 0 Å². The van der Waals surface area contributed by atoms with Crippen molar-refractivity contribution >= 4 is 29.0 Å². The number of rotatable bonds is 4. The van der Waals surface area contributed by atoms with Crippen molar-refractivity contribution in [2.45, 2.75) is 33.3 Å². The molecule has 2 aromatic heterocycles. The first kappa shape index (κ1) is 21.2. The minimum absolute atomic E-state index is 0.0317. The number of pyridine rings is 1. The summed E-state index contributed by atoms with van der Waals surface area (Å²) in [5.74, 6) is -2.57. The molecular formula is C21H20F2N2O5. The predicted molar refractivity (Wildman–Crippen MR) is 105 cm³/mol. The maximum absolute atomic E-state index is 14.1. The van der Waals surface area contributed by atoms with Gasteiger partial charge in [-0.1, -0.05) is 6.07 Å². The van der Waals surface area contributed by atoms with E-state index in [0.29, 0.717) is 0 Å². The maximum Gasteiger partial charge on any atom is 0.414 e. The molecule has 0 atom stereocenters. The van der Waals surface area contributed by atoms with Crippen LogP contribution in [-0.4, -0.2) is 29.3 Å². The Morgan fingerprint density at radius 3 is 2.47 bits per heavy atom. The molecule has 9 heteroatoms. The van der Waals surface area contributed by atoms with Gasteiger partial charge in [0.1, 0.15) is 28.3 Å². The highest BCUT2D eigenvalue weighted by Crippen LogP contribution is 2.34. The zero-order valence-electron chi connectivity index (χ0n) is 16.8. The summed E-state index contributed by atoms with van der Waals surface area (Å²) >= 11 is 0. The normalized spacial score (nSPS) is 11.4. The molecule has 0 fully saturated rings. The molecule has 1 aromatic carbocycles. The molecule has 0 radical (unpaired) electrons. The lowest BCUT2D eigenvalue weighted by atomic mass is 10.1. The summed E-state index contributed by atoms with van der Waals surface area (Å²) < 4.78 is 44.0. The third kappa shape index (κ3) is 4.40. The molecule has 7 nitrogen and oxygen atoms in total. The standard InChI is InChI=1S/C21H20F2N2O5/c1-5-28-19(26)16-17-14(29-18(16)25-20(27)30-21(2,3)4)9-11(10-24-17)15-12(22)7-6-8-13(15)23/h6-10H,5H2,1-4H3,(H,25,27). The zero-order valence-corrected chi connectivity index (χ0v) is 16.8. The van der Waals surface area contributed by atoms with Crippen LogP contribution in [0.3, 0.4) is 0 Å². The number of hydrogen-bond donors (Lipinski definition) is 1. The number of halogens is 2. The summed E-state index contributed by atoms with van der Waals surface area (Å²) in [5, 5.41) is 2.36. The molecule has 0 bridgehead atoms. The number of benzene rings is 1. The first-order chi connectivity index (χ1) is 14.1. The van der Waals surface area contributed by atoms with Crippen LogP contribution in [0.25, 0.3) is 22.2 Å². The summed E-state index contributed by atoms with van der Waals surface area (Å²) in [6, 6.07) is 4.80. The van der Waals surface area contributed by atoms with Gasteiger partial charge >= 0.3 is 12.1 Å². The summed E-state index contributed by atoms with van der Waals surface area (Å²) in [6.45, 7) is 6.72. The highest BCUT2D eigenvalue weighted by atomic mass is 19.1. The fourth-order valence-electron chi connectivity index (χ4n) is 2.77. The van der Waals surface area contributed by atoms with Crippen LogP contribution in [0.2, 0.25) is 0 Å². The number of nitrogens with zero attached hydrogens (tertiary/aromatic N) is 1.